The Morgan fingerprint density at radius 2 is 2.00 bits per heavy atom. The van der Waals surface area contributed by atoms with Gasteiger partial charge in [-0.1, -0.05) is 36.8 Å². The highest BCUT2D eigenvalue weighted by atomic mass is 15.2. The van der Waals surface area contributed by atoms with Crippen molar-refractivity contribution in [2.45, 2.75) is 44.3 Å². The van der Waals surface area contributed by atoms with Gasteiger partial charge in [0, 0.05) is 25.2 Å². The molecule has 0 bridgehead atoms. The third kappa shape index (κ3) is 2.53. The Balaban J connectivity index is 1.67. The van der Waals surface area contributed by atoms with Crippen molar-refractivity contribution in [3.05, 3.63) is 35.9 Å². The summed E-state index contributed by atoms with van der Waals surface area (Å²) in [6.45, 7) is 3.61. The first-order valence-electron chi connectivity index (χ1n) is 6.95. The van der Waals surface area contributed by atoms with Gasteiger partial charge in [-0.15, -0.1) is 0 Å². The number of nitrogens with zero attached hydrogens (tertiary/aromatic N) is 1. The molecule has 1 N–H and O–H groups in total. The molecule has 2 atom stereocenters. The van der Waals surface area contributed by atoms with Gasteiger partial charge in [0.25, 0.3) is 0 Å². The summed E-state index contributed by atoms with van der Waals surface area (Å²) in [5.74, 6) is 0. The summed E-state index contributed by atoms with van der Waals surface area (Å²) in [7, 11) is 0. The van der Waals surface area contributed by atoms with Crippen LogP contribution < -0.4 is 5.32 Å². The number of likely N-dealkylation sites (tertiary alicyclic amines) is 1. The van der Waals surface area contributed by atoms with Gasteiger partial charge in [0.2, 0.25) is 0 Å². The molecule has 2 saturated heterocycles. The highest BCUT2D eigenvalue weighted by molar-refractivity contribution is 5.15. The van der Waals surface area contributed by atoms with E-state index in [0.29, 0.717) is 0 Å². The predicted octanol–water partition coefficient (Wildman–Crippen LogP) is 2.40. The van der Waals surface area contributed by atoms with Crippen molar-refractivity contribution in [3.8, 4) is 0 Å². The summed E-state index contributed by atoms with van der Waals surface area (Å²) in [6.07, 6.45) is 5.45. The fraction of sp³-hybridized carbons (Fsp3) is 0.600. The molecule has 1 aromatic carbocycles. The number of nitrogens with one attached hydrogen (secondary N) is 1. The second kappa shape index (κ2) is 5.19. The lowest BCUT2D eigenvalue weighted by Crippen LogP contribution is -2.40. The van der Waals surface area contributed by atoms with Crippen molar-refractivity contribution < 1.29 is 0 Å². The van der Waals surface area contributed by atoms with E-state index in [0.717, 1.165) is 18.6 Å². The number of hydrogen-bond donors (Lipinski definition) is 1. The number of benzene rings is 1. The van der Waals surface area contributed by atoms with E-state index in [1.165, 1.54) is 44.3 Å². The average Bonchev–Trinajstić information content (AvgIpc) is 2.61. The lowest BCUT2D eigenvalue weighted by atomic mass is 10.0. The van der Waals surface area contributed by atoms with Crippen LogP contribution in [0.4, 0.5) is 0 Å². The smallest absolute Gasteiger partial charge is 0.0253 e. The monoisotopic (exact) mass is 230 g/mol. The van der Waals surface area contributed by atoms with Crippen molar-refractivity contribution in [1.29, 1.82) is 0 Å². The van der Waals surface area contributed by atoms with Crippen LogP contribution in [-0.4, -0.2) is 30.1 Å². The van der Waals surface area contributed by atoms with Crippen LogP contribution in [0.5, 0.6) is 0 Å². The molecule has 1 aromatic rings. The first-order chi connectivity index (χ1) is 8.43. The normalized spacial score (nSPS) is 29.9. The average molecular weight is 230 g/mol. The quantitative estimate of drug-likeness (QED) is 0.839. The third-order valence-electron chi connectivity index (χ3n) is 4.22. The minimum absolute atomic E-state index is 0.751. The van der Waals surface area contributed by atoms with Crippen LogP contribution in [0, 0.1) is 0 Å². The van der Waals surface area contributed by atoms with Crippen molar-refractivity contribution in [3.63, 3.8) is 0 Å². The molecule has 0 amide bonds. The SMILES string of the molecule is c1ccc(CN2CC[C@H]3NCCCC[C@H]32)cc1. The molecule has 0 saturated carbocycles. The Bertz CT molecular complexity index is 349. The van der Waals surface area contributed by atoms with Crippen molar-refractivity contribution in [2.75, 3.05) is 13.1 Å². The molecule has 92 valence electrons. The molecule has 17 heavy (non-hydrogen) atoms. The van der Waals surface area contributed by atoms with Gasteiger partial charge in [-0.3, -0.25) is 4.90 Å². The second-order valence-electron chi connectivity index (χ2n) is 5.37. The molecule has 2 fully saturated rings. The molecule has 0 spiro atoms. The van der Waals surface area contributed by atoms with Crippen molar-refractivity contribution in [2.24, 2.45) is 0 Å². The molecule has 2 nitrogen and oxygen atoms in total. The van der Waals surface area contributed by atoms with E-state index in [1.54, 1.807) is 0 Å². The molecular weight excluding hydrogens is 208 g/mol. The predicted molar refractivity (Wildman–Crippen MR) is 70.9 cm³/mol. The summed E-state index contributed by atoms with van der Waals surface area (Å²) in [4.78, 5) is 2.68. The number of rotatable bonds is 2. The molecule has 0 radical (unpaired) electrons. The van der Waals surface area contributed by atoms with Crippen molar-refractivity contribution >= 4 is 0 Å². The van der Waals surface area contributed by atoms with Crippen LogP contribution in [0.2, 0.25) is 0 Å². The molecule has 2 heterocycles. The van der Waals surface area contributed by atoms with Crippen molar-refractivity contribution in [1.82, 2.24) is 10.2 Å². The first-order valence-corrected chi connectivity index (χ1v) is 6.95. The summed E-state index contributed by atoms with van der Waals surface area (Å²) in [5, 5.41) is 3.72. The van der Waals surface area contributed by atoms with E-state index in [2.05, 4.69) is 40.5 Å². The van der Waals surface area contributed by atoms with Crippen LogP contribution >= 0.6 is 0 Å². The Morgan fingerprint density at radius 3 is 2.88 bits per heavy atom. The maximum atomic E-state index is 3.72. The van der Waals surface area contributed by atoms with E-state index >= 15 is 0 Å². The zero-order valence-corrected chi connectivity index (χ0v) is 10.4. The van der Waals surface area contributed by atoms with Gasteiger partial charge in [-0.05, 0) is 31.4 Å². The molecule has 2 aliphatic heterocycles. The lowest BCUT2D eigenvalue weighted by molar-refractivity contribution is 0.221. The van der Waals surface area contributed by atoms with Crippen LogP contribution in [0.25, 0.3) is 0 Å². The maximum Gasteiger partial charge on any atom is 0.0253 e. The standard InChI is InChI=1S/C15H22N2/c1-2-6-13(7-3-1)12-17-11-9-14-15(17)8-4-5-10-16-14/h1-3,6-7,14-16H,4-5,8-12H2/t14-,15-/m1/s1. The minimum atomic E-state index is 0.751. The molecule has 2 aliphatic rings. The topological polar surface area (TPSA) is 15.3 Å². The van der Waals surface area contributed by atoms with Gasteiger partial charge in [0.1, 0.15) is 0 Å². The van der Waals surface area contributed by atoms with Crippen LogP contribution in [0.1, 0.15) is 31.2 Å². The van der Waals surface area contributed by atoms with Gasteiger partial charge in [0.05, 0.1) is 0 Å². The molecule has 0 aromatic heterocycles. The molecule has 3 rings (SSSR count). The molecular formula is C15H22N2. The van der Waals surface area contributed by atoms with Crippen LogP contribution in [-0.2, 0) is 6.54 Å². The Kier molecular flexibility index (Phi) is 3.44. The van der Waals surface area contributed by atoms with Gasteiger partial charge in [-0.25, -0.2) is 0 Å². The van der Waals surface area contributed by atoms with E-state index in [1.807, 2.05) is 0 Å². The van der Waals surface area contributed by atoms with Crippen LogP contribution in [0.15, 0.2) is 30.3 Å². The summed E-state index contributed by atoms with van der Waals surface area (Å²) < 4.78 is 0. The molecule has 2 heteroatoms. The Labute approximate surface area is 104 Å². The minimum Gasteiger partial charge on any atom is -0.312 e. The maximum absolute atomic E-state index is 3.72. The molecule has 0 unspecified atom stereocenters. The Morgan fingerprint density at radius 1 is 1.12 bits per heavy atom. The first kappa shape index (κ1) is 11.2. The highest BCUT2D eigenvalue weighted by Crippen LogP contribution is 2.26. The zero-order chi connectivity index (χ0) is 11.5. The fourth-order valence-electron chi connectivity index (χ4n) is 3.32. The van der Waals surface area contributed by atoms with Gasteiger partial charge in [-0.2, -0.15) is 0 Å². The van der Waals surface area contributed by atoms with E-state index in [4.69, 9.17) is 0 Å². The van der Waals surface area contributed by atoms with E-state index in [9.17, 15) is 0 Å². The number of fused-ring (bicyclic) bond motifs is 1. The van der Waals surface area contributed by atoms with E-state index in [-0.39, 0.29) is 0 Å². The Hall–Kier alpha value is -0.860. The van der Waals surface area contributed by atoms with Gasteiger partial charge in [0.15, 0.2) is 0 Å². The largest absolute Gasteiger partial charge is 0.312 e. The summed E-state index contributed by atoms with van der Waals surface area (Å²) in [5.41, 5.74) is 1.46. The third-order valence-corrected chi connectivity index (χ3v) is 4.22. The number of hydrogen-bond acceptors (Lipinski definition) is 2. The fourth-order valence-corrected chi connectivity index (χ4v) is 3.32. The summed E-state index contributed by atoms with van der Waals surface area (Å²) in [6, 6.07) is 12.4. The van der Waals surface area contributed by atoms with E-state index < -0.39 is 0 Å². The molecule has 0 aliphatic carbocycles. The summed E-state index contributed by atoms with van der Waals surface area (Å²) >= 11 is 0. The van der Waals surface area contributed by atoms with Crippen LogP contribution in [0.3, 0.4) is 0 Å². The highest BCUT2D eigenvalue weighted by Gasteiger charge is 2.34. The zero-order valence-electron chi connectivity index (χ0n) is 10.4. The van der Waals surface area contributed by atoms with Gasteiger partial charge < -0.3 is 5.32 Å². The second-order valence-corrected chi connectivity index (χ2v) is 5.37. The lowest BCUT2D eigenvalue weighted by Gasteiger charge is -2.27. The van der Waals surface area contributed by atoms with Gasteiger partial charge >= 0.3 is 0 Å².